The van der Waals surface area contributed by atoms with E-state index in [9.17, 15) is 14.9 Å². The molecule has 7 heteroatoms. The van der Waals surface area contributed by atoms with Crippen LogP contribution < -0.4 is 0 Å². The number of amides is 1. The maximum absolute atomic E-state index is 12.4. The van der Waals surface area contributed by atoms with Crippen molar-refractivity contribution in [2.24, 2.45) is 0 Å². The molecule has 0 saturated carbocycles. The zero-order valence-electron chi connectivity index (χ0n) is 14.3. The number of aryl methyl sites for hydroxylation is 1. The summed E-state index contributed by atoms with van der Waals surface area (Å²) in [5.74, 6) is 0.968. The van der Waals surface area contributed by atoms with Crippen molar-refractivity contribution in [1.29, 1.82) is 0 Å². The van der Waals surface area contributed by atoms with Crippen LogP contribution in [-0.4, -0.2) is 46.8 Å². The molecule has 0 radical (unpaired) electrons. The highest BCUT2D eigenvalue weighted by atomic mass is 16.6. The molecule has 3 rings (SSSR count). The lowest BCUT2D eigenvalue weighted by Gasteiger charge is -2.37. The second-order valence-corrected chi connectivity index (χ2v) is 6.23. The van der Waals surface area contributed by atoms with E-state index in [0.717, 1.165) is 0 Å². The van der Waals surface area contributed by atoms with Crippen molar-refractivity contribution >= 4 is 11.6 Å². The minimum absolute atomic E-state index is 0.0790. The number of rotatable bonds is 4. The first-order chi connectivity index (χ1) is 12.0. The van der Waals surface area contributed by atoms with Gasteiger partial charge in [0.1, 0.15) is 5.76 Å². The Kier molecular flexibility index (Phi) is 4.85. The van der Waals surface area contributed by atoms with Gasteiger partial charge in [0.15, 0.2) is 5.76 Å². The molecule has 0 bridgehead atoms. The molecule has 2 heterocycles. The van der Waals surface area contributed by atoms with Crippen LogP contribution in [0, 0.1) is 17.0 Å². The monoisotopic (exact) mass is 343 g/mol. The molecular formula is C18H21N3O4. The first-order valence-electron chi connectivity index (χ1n) is 8.30. The number of furan rings is 1. The second kappa shape index (κ2) is 7.06. The number of carbonyl (C=O) groups is 1. The Balaban J connectivity index is 1.66. The summed E-state index contributed by atoms with van der Waals surface area (Å²) in [6.45, 7) is 6.25. The van der Waals surface area contributed by atoms with E-state index in [2.05, 4.69) is 4.90 Å². The number of benzene rings is 1. The van der Waals surface area contributed by atoms with Crippen LogP contribution >= 0.6 is 0 Å². The third kappa shape index (κ3) is 3.56. The van der Waals surface area contributed by atoms with Gasteiger partial charge in [-0.3, -0.25) is 19.8 Å². The number of nitrogens with zero attached hydrogens (tertiary/aromatic N) is 3. The molecule has 132 valence electrons. The lowest BCUT2D eigenvalue weighted by Crippen LogP contribution is -2.49. The normalized spacial score (nSPS) is 16.6. The van der Waals surface area contributed by atoms with Crippen LogP contribution in [0.3, 0.4) is 0 Å². The lowest BCUT2D eigenvalue weighted by atomic mass is 10.0. The molecule has 1 fully saturated rings. The van der Waals surface area contributed by atoms with Gasteiger partial charge in [-0.05, 0) is 26.0 Å². The average molecular weight is 343 g/mol. The topological polar surface area (TPSA) is 79.8 Å². The summed E-state index contributed by atoms with van der Waals surface area (Å²) in [6, 6.07) is 10.2. The molecular weight excluding hydrogens is 322 g/mol. The summed E-state index contributed by atoms with van der Waals surface area (Å²) in [4.78, 5) is 27.2. The van der Waals surface area contributed by atoms with Gasteiger partial charge in [0.2, 0.25) is 0 Å². The zero-order chi connectivity index (χ0) is 18.0. The van der Waals surface area contributed by atoms with E-state index in [-0.39, 0.29) is 22.6 Å². The van der Waals surface area contributed by atoms with Crippen LogP contribution in [0.25, 0.3) is 0 Å². The third-order valence-corrected chi connectivity index (χ3v) is 4.68. The van der Waals surface area contributed by atoms with Crippen molar-refractivity contribution in [3.8, 4) is 0 Å². The van der Waals surface area contributed by atoms with E-state index < -0.39 is 0 Å². The molecule has 1 atom stereocenters. The van der Waals surface area contributed by atoms with Crippen molar-refractivity contribution < 1.29 is 14.1 Å². The van der Waals surface area contributed by atoms with Gasteiger partial charge in [-0.2, -0.15) is 0 Å². The van der Waals surface area contributed by atoms with Gasteiger partial charge in [0, 0.05) is 43.9 Å². The number of carbonyl (C=O) groups excluding carboxylic acids is 1. The summed E-state index contributed by atoms with van der Waals surface area (Å²) in [7, 11) is 0. The van der Waals surface area contributed by atoms with Crippen molar-refractivity contribution in [1.82, 2.24) is 9.80 Å². The number of nitro benzene ring substituents is 1. The summed E-state index contributed by atoms with van der Waals surface area (Å²) in [5.41, 5.74) is 0.841. The Bertz CT molecular complexity index is 778. The summed E-state index contributed by atoms with van der Waals surface area (Å²) in [6.07, 6.45) is 0. The Labute approximate surface area is 146 Å². The van der Waals surface area contributed by atoms with Gasteiger partial charge in [-0.25, -0.2) is 0 Å². The van der Waals surface area contributed by atoms with E-state index in [1.807, 2.05) is 19.9 Å². The van der Waals surface area contributed by atoms with Crippen LogP contribution in [-0.2, 0) is 0 Å². The van der Waals surface area contributed by atoms with E-state index in [1.165, 1.54) is 6.07 Å². The fourth-order valence-corrected chi connectivity index (χ4v) is 3.22. The van der Waals surface area contributed by atoms with Crippen molar-refractivity contribution in [3.05, 3.63) is 63.6 Å². The Morgan fingerprint density at radius 2 is 1.84 bits per heavy atom. The van der Waals surface area contributed by atoms with Crippen molar-refractivity contribution in [2.75, 3.05) is 26.2 Å². The fourth-order valence-electron chi connectivity index (χ4n) is 3.22. The third-order valence-electron chi connectivity index (χ3n) is 4.68. The van der Waals surface area contributed by atoms with Crippen LogP contribution in [0.15, 0.2) is 40.8 Å². The lowest BCUT2D eigenvalue weighted by molar-refractivity contribution is -0.386. The van der Waals surface area contributed by atoms with Gasteiger partial charge in [-0.1, -0.05) is 18.2 Å². The molecule has 0 spiro atoms. The largest absolute Gasteiger partial charge is 0.456 e. The SMILES string of the molecule is Cc1ccc(C(=O)N2CCN(C(C)c3ccccc3[N+](=O)[O-])CC2)o1. The molecule has 1 aromatic heterocycles. The molecule has 1 aliphatic heterocycles. The molecule has 0 aliphatic carbocycles. The smallest absolute Gasteiger partial charge is 0.289 e. The van der Waals surface area contributed by atoms with Crippen LogP contribution in [0.2, 0.25) is 0 Å². The van der Waals surface area contributed by atoms with E-state index >= 15 is 0 Å². The fraction of sp³-hybridized carbons (Fsp3) is 0.389. The molecule has 25 heavy (non-hydrogen) atoms. The van der Waals surface area contributed by atoms with Crippen LogP contribution in [0.1, 0.15) is 34.8 Å². The van der Waals surface area contributed by atoms with Gasteiger partial charge in [0.05, 0.1) is 4.92 Å². The van der Waals surface area contributed by atoms with E-state index in [0.29, 0.717) is 43.3 Å². The van der Waals surface area contributed by atoms with Gasteiger partial charge < -0.3 is 9.32 Å². The minimum atomic E-state index is -0.342. The maximum atomic E-state index is 12.4. The Morgan fingerprint density at radius 1 is 1.16 bits per heavy atom. The second-order valence-electron chi connectivity index (χ2n) is 6.23. The Morgan fingerprint density at radius 3 is 2.44 bits per heavy atom. The molecule has 2 aromatic rings. The first-order valence-corrected chi connectivity index (χ1v) is 8.30. The van der Waals surface area contributed by atoms with Gasteiger partial charge in [0.25, 0.3) is 11.6 Å². The predicted molar refractivity (Wildman–Crippen MR) is 92.4 cm³/mol. The standard InChI is InChI=1S/C18H21N3O4/c1-13-7-8-17(25-13)18(22)20-11-9-19(10-12-20)14(2)15-5-3-4-6-16(15)21(23)24/h3-8,14H,9-12H2,1-2H3. The van der Waals surface area contributed by atoms with Crippen LogP contribution in [0.4, 0.5) is 5.69 Å². The van der Waals surface area contributed by atoms with Gasteiger partial charge in [-0.15, -0.1) is 0 Å². The molecule has 0 N–H and O–H groups in total. The first kappa shape index (κ1) is 17.2. The summed E-state index contributed by atoms with van der Waals surface area (Å²) in [5, 5.41) is 11.2. The Hall–Kier alpha value is -2.67. The van der Waals surface area contributed by atoms with E-state index in [1.54, 1.807) is 29.2 Å². The number of piperazine rings is 1. The molecule has 1 amide bonds. The highest BCUT2D eigenvalue weighted by Crippen LogP contribution is 2.29. The van der Waals surface area contributed by atoms with Crippen molar-refractivity contribution in [2.45, 2.75) is 19.9 Å². The van der Waals surface area contributed by atoms with Crippen LogP contribution in [0.5, 0.6) is 0 Å². The predicted octanol–water partition coefficient (Wildman–Crippen LogP) is 3.02. The number of nitro groups is 1. The molecule has 1 saturated heterocycles. The maximum Gasteiger partial charge on any atom is 0.289 e. The quantitative estimate of drug-likeness (QED) is 0.630. The number of para-hydroxylation sites is 1. The average Bonchev–Trinajstić information content (AvgIpc) is 3.07. The summed E-state index contributed by atoms with van der Waals surface area (Å²) < 4.78 is 5.40. The molecule has 1 aromatic carbocycles. The number of hydrogen-bond donors (Lipinski definition) is 0. The molecule has 7 nitrogen and oxygen atoms in total. The molecule has 1 aliphatic rings. The zero-order valence-corrected chi connectivity index (χ0v) is 14.3. The molecule has 1 unspecified atom stereocenters. The van der Waals surface area contributed by atoms with E-state index in [4.69, 9.17) is 4.42 Å². The highest BCUT2D eigenvalue weighted by Gasteiger charge is 2.29. The van der Waals surface area contributed by atoms with Gasteiger partial charge >= 0.3 is 0 Å². The summed E-state index contributed by atoms with van der Waals surface area (Å²) >= 11 is 0. The number of hydrogen-bond acceptors (Lipinski definition) is 5. The minimum Gasteiger partial charge on any atom is -0.456 e. The van der Waals surface area contributed by atoms with Crippen molar-refractivity contribution in [3.63, 3.8) is 0 Å². The highest BCUT2D eigenvalue weighted by molar-refractivity contribution is 5.91.